The fourth-order valence-electron chi connectivity index (χ4n) is 6.88. The van der Waals surface area contributed by atoms with Crippen LogP contribution in [0.25, 0.3) is 0 Å². The first kappa shape index (κ1) is 63.2. The highest BCUT2D eigenvalue weighted by molar-refractivity contribution is 7.47. The Hall–Kier alpha value is -2.84. The molecule has 0 saturated heterocycles. The number of nitrogens with zero attached hydrogens (tertiary/aromatic N) is 1. The molecule has 8 nitrogen and oxygen atoms in total. The molecule has 0 spiro atoms. The smallest absolute Gasteiger partial charge is 0.387 e. The summed E-state index contributed by atoms with van der Waals surface area (Å²) < 4.78 is 23.5. The topological polar surface area (TPSA) is 105 Å². The predicted octanol–water partition coefficient (Wildman–Crippen LogP) is 15.6. The average Bonchev–Trinajstić information content (AvgIpc) is 3.28. The van der Waals surface area contributed by atoms with Crippen LogP contribution in [0.2, 0.25) is 0 Å². The molecular weight excluding hydrogens is 840 g/mol. The van der Waals surface area contributed by atoms with Gasteiger partial charge in [-0.25, -0.2) is 4.57 Å². The lowest BCUT2D eigenvalue weighted by atomic mass is 10.0. The number of aliphatic hydroxyl groups is 1. The zero-order chi connectivity index (χ0) is 48.5. The molecule has 0 aliphatic carbocycles. The Labute approximate surface area is 406 Å². The van der Waals surface area contributed by atoms with Crippen LogP contribution in [0.15, 0.2) is 109 Å². The van der Waals surface area contributed by atoms with Crippen LogP contribution in [0.3, 0.4) is 0 Å². The molecular formula is C57H100N2O6P+. The number of aliphatic hydroxyl groups excluding tert-OH is 1. The maximum absolute atomic E-state index is 12.9. The molecule has 0 aliphatic heterocycles. The fourth-order valence-corrected chi connectivity index (χ4v) is 7.61. The molecule has 0 aromatic rings. The molecule has 0 fully saturated rings. The third-order valence-electron chi connectivity index (χ3n) is 11.0. The summed E-state index contributed by atoms with van der Waals surface area (Å²) in [7, 11) is 1.55. The molecule has 0 bridgehead atoms. The third kappa shape index (κ3) is 49.1. The Morgan fingerprint density at radius 2 is 0.909 bits per heavy atom. The molecule has 66 heavy (non-hydrogen) atoms. The zero-order valence-corrected chi connectivity index (χ0v) is 43.8. The number of phosphoric acid groups is 1. The van der Waals surface area contributed by atoms with Crippen molar-refractivity contribution < 1.29 is 32.9 Å². The number of nitrogens with one attached hydrogen (secondary N) is 1. The molecule has 3 atom stereocenters. The lowest BCUT2D eigenvalue weighted by Crippen LogP contribution is -2.45. The van der Waals surface area contributed by atoms with Crippen molar-refractivity contribution in [3.63, 3.8) is 0 Å². The number of hydrogen-bond acceptors (Lipinski definition) is 5. The van der Waals surface area contributed by atoms with E-state index in [0.29, 0.717) is 17.4 Å². The predicted molar refractivity (Wildman–Crippen MR) is 285 cm³/mol. The maximum Gasteiger partial charge on any atom is 0.472 e. The van der Waals surface area contributed by atoms with Crippen LogP contribution in [0.5, 0.6) is 0 Å². The molecule has 0 heterocycles. The van der Waals surface area contributed by atoms with Crippen LogP contribution in [-0.2, 0) is 18.4 Å². The van der Waals surface area contributed by atoms with E-state index >= 15 is 0 Å². The first-order valence-corrected chi connectivity index (χ1v) is 27.8. The summed E-state index contributed by atoms with van der Waals surface area (Å²) in [6, 6.07) is -0.853. The van der Waals surface area contributed by atoms with E-state index in [1.165, 1.54) is 77.0 Å². The number of phosphoric ester groups is 1. The van der Waals surface area contributed by atoms with Crippen molar-refractivity contribution in [2.24, 2.45) is 0 Å². The minimum atomic E-state index is -4.34. The van der Waals surface area contributed by atoms with Gasteiger partial charge in [-0.15, -0.1) is 0 Å². The normalized spacial score (nSPS) is 15.0. The molecule has 0 aromatic heterocycles. The van der Waals surface area contributed by atoms with E-state index in [2.05, 4.69) is 116 Å². The van der Waals surface area contributed by atoms with Gasteiger partial charge in [-0.05, 0) is 83.5 Å². The molecule has 1 amide bonds. The minimum absolute atomic E-state index is 0.0554. The van der Waals surface area contributed by atoms with Crippen molar-refractivity contribution >= 4 is 13.7 Å². The van der Waals surface area contributed by atoms with Crippen molar-refractivity contribution in [3.8, 4) is 0 Å². The van der Waals surface area contributed by atoms with E-state index in [0.717, 1.165) is 96.3 Å². The van der Waals surface area contributed by atoms with Crippen molar-refractivity contribution in [2.75, 3.05) is 40.9 Å². The molecule has 0 radical (unpaired) electrons. The number of carbonyl (C=O) groups excluding carboxylic acids is 1. The number of quaternary nitrogens is 1. The Balaban J connectivity index is 4.08. The van der Waals surface area contributed by atoms with Crippen molar-refractivity contribution in [2.45, 2.75) is 206 Å². The SMILES string of the molecule is CC/C=C\C/C=C\C/C=C\C/C=C\C/C=C\C/C=C\C/C=C\C/C=C\CCCCCCCCCCCCC(=O)NC(COP(=O)(O)OCC[N+](C)(C)C)C(O)/C=C/CCCCCCCCC. The van der Waals surface area contributed by atoms with Gasteiger partial charge in [0.05, 0.1) is 39.9 Å². The number of hydrogen-bond donors (Lipinski definition) is 3. The molecule has 9 heteroatoms. The van der Waals surface area contributed by atoms with Gasteiger partial charge in [-0.2, -0.15) is 0 Å². The van der Waals surface area contributed by atoms with Gasteiger partial charge in [0.1, 0.15) is 13.2 Å². The largest absolute Gasteiger partial charge is 0.472 e. The van der Waals surface area contributed by atoms with Crippen LogP contribution in [0.4, 0.5) is 0 Å². The highest BCUT2D eigenvalue weighted by atomic mass is 31.2. The summed E-state index contributed by atoms with van der Waals surface area (Å²) in [6.07, 6.45) is 69.0. The first-order chi connectivity index (χ1) is 32.0. The highest BCUT2D eigenvalue weighted by Crippen LogP contribution is 2.43. The zero-order valence-electron chi connectivity index (χ0n) is 42.9. The van der Waals surface area contributed by atoms with Crippen molar-refractivity contribution in [3.05, 3.63) is 109 Å². The van der Waals surface area contributed by atoms with Gasteiger partial charge in [0, 0.05) is 6.42 Å². The van der Waals surface area contributed by atoms with Gasteiger partial charge < -0.3 is 19.8 Å². The summed E-state index contributed by atoms with van der Waals surface area (Å²) in [6.45, 7) is 4.64. The van der Waals surface area contributed by atoms with E-state index in [9.17, 15) is 19.4 Å². The third-order valence-corrected chi connectivity index (χ3v) is 12.0. The van der Waals surface area contributed by atoms with Gasteiger partial charge in [0.2, 0.25) is 5.91 Å². The van der Waals surface area contributed by atoms with Crippen molar-refractivity contribution in [1.29, 1.82) is 0 Å². The Morgan fingerprint density at radius 3 is 1.33 bits per heavy atom. The quantitative estimate of drug-likeness (QED) is 0.0243. The maximum atomic E-state index is 12.9. The summed E-state index contributed by atoms with van der Waals surface area (Å²) in [4.78, 5) is 23.1. The minimum Gasteiger partial charge on any atom is -0.387 e. The highest BCUT2D eigenvalue weighted by Gasteiger charge is 2.27. The van der Waals surface area contributed by atoms with Crippen LogP contribution in [0.1, 0.15) is 194 Å². The standard InChI is InChI=1S/C57H99N2O6P/c1-6-8-10-12-14-16-17-18-19-20-21-22-23-24-25-26-27-28-29-30-31-32-33-34-35-36-37-38-39-40-41-43-45-47-49-51-57(61)58-55(54-65-66(62,63)64-53-52-59(3,4)5)56(60)50-48-46-44-42-15-13-11-9-7-2/h8,10,14,16,18-19,21-22,24-25,27-28,30-31,33-34,48,50,55-56,60H,6-7,9,11-13,15,17,20,23,26,29,32,35-47,49,51-54H2,1-5H3,(H-,58,61,62,63)/p+1/b10-8-,16-14-,19-18-,22-21-,25-24-,28-27-,31-30-,34-33-,50-48+. The van der Waals surface area contributed by atoms with E-state index in [-0.39, 0.29) is 19.1 Å². The number of allylic oxidation sites excluding steroid dienone is 17. The Kier molecular flexibility index (Phi) is 45.2. The summed E-state index contributed by atoms with van der Waals surface area (Å²) >= 11 is 0. The van der Waals surface area contributed by atoms with Gasteiger partial charge in [0.25, 0.3) is 0 Å². The molecule has 0 aliphatic rings. The number of carbonyl (C=O) groups is 1. The van der Waals surface area contributed by atoms with E-state index in [4.69, 9.17) is 9.05 Å². The lowest BCUT2D eigenvalue weighted by molar-refractivity contribution is -0.870. The monoisotopic (exact) mass is 940 g/mol. The molecule has 3 unspecified atom stereocenters. The number of rotatable bonds is 46. The van der Waals surface area contributed by atoms with Gasteiger partial charge in [-0.3, -0.25) is 13.8 Å². The van der Waals surface area contributed by atoms with Crippen LogP contribution >= 0.6 is 7.82 Å². The fraction of sp³-hybridized carbons (Fsp3) is 0.667. The summed E-state index contributed by atoms with van der Waals surface area (Å²) in [5.41, 5.74) is 0. The van der Waals surface area contributed by atoms with Crippen molar-refractivity contribution in [1.82, 2.24) is 5.32 Å². The second-order valence-corrected chi connectivity index (χ2v) is 20.0. The molecule has 0 saturated carbocycles. The molecule has 378 valence electrons. The van der Waals surface area contributed by atoms with Crippen LogP contribution in [0, 0.1) is 0 Å². The number of amides is 1. The van der Waals surface area contributed by atoms with Gasteiger partial charge in [-0.1, -0.05) is 213 Å². The average molecular weight is 940 g/mol. The Morgan fingerprint density at radius 1 is 0.530 bits per heavy atom. The number of unbranched alkanes of at least 4 members (excludes halogenated alkanes) is 17. The van der Waals surface area contributed by atoms with E-state index in [1.54, 1.807) is 6.08 Å². The number of likely N-dealkylation sites (N-methyl/N-ethyl adjacent to an activating group) is 1. The lowest BCUT2D eigenvalue weighted by Gasteiger charge is -2.25. The van der Waals surface area contributed by atoms with Crippen LogP contribution in [-0.4, -0.2) is 73.4 Å². The molecule has 0 aromatic carbocycles. The first-order valence-electron chi connectivity index (χ1n) is 26.3. The molecule has 3 N–H and O–H groups in total. The second-order valence-electron chi connectivity index (χ2n) is 18.5. The summed E-state index contributed by atoms with van der Waals surface area (Å²) in [5.74, 6) is -0.190. The summed E-state index contributed by atoms with van der Waals surface area (Å²) in [5, 5.41) is 13.8. The van der Waals surface area contributed by atoms with Gasteiger partial charge >= 0.3 is 7.82 Å². The Bertz CT molecular complexity index is 1440. The second kappa shape index (κ2) is 47.2. The van der Waals surface area contributed by atoms with Crippen LogP contribution < -0.4 is 5.32 Å². The molecule has 0 rings (SSSR count). The van der Waals surface area contributed by atoms with E-state index in [1.807, 2.05) is 27.2 Å². The van der Waals surface area contributed by atoms with E-state index < -0.39 is 20.0 Å². The van der Waals surface area contributed by atoms with Gasteiger partial charge in [0.15, 0.2) is 0 Å².